The molecule has 0 aliphatic rings. The van der Waals surface area contributed by atoms with Gasteiger partial charge in [0.15, 0.2) is 0 Å². The Kier molecular flexibility index (Phi) is 5.45. The van der Waals surface area contributed by atoms with Crippen LogP contribution in [0.2, 0.25) is 5.54 Å². The van der Waals surface area contributed by atoms with Gasteiger partial charge in [-0.15, -0.1) is 6.58 Å². The van der Waals surface area contributed by atoms with Crippen molar-refractivity contribution < 1.29 is 0 Å². The average Bonchev–Trinajstić information content (AvgIpc) is 1.98. The van der Waals surface area contributed by atoms with Gasteiger partial charge in [-0.05, 0) is 18.4 Å². The third kappa shape index (κ3) is 4.04. The molecule has 0 fully saturated rings. The van der Waals surface area contributed by atoms with Crippen LogP contribution in [0, 0.1) is 5.92 Å². The summed E-state index contributed by atoms with van der Waals surface area (Å²) in [5.74, 6) is 0.622. The lowest BCUT2D eigenvalue weighted by Gasteiger charge is -2.28. The van der Waals surface area contributed by atoms with E-state index in [0.717, 1.165) is 10.2 Å². The van der Waals surface area contributed by atoms with Crippen molar-refractivity contribution in [3.05, 3.63) is 12.7 Å². The summed E-state index contributed by atoms with van der Waals surface area (Å²) < 4.78 is 0. The van der Waals surface area contributed by atoms with Gasteiger partial charge in [0, 0.05) is 16.3 Å². The van der Waals surface area contributed by atoms with E-state index in [0.29, 0.717) is 17.5 Å². The van der Waals surface area contributed by atoms with Crippen LogP contribution in [0.5, 0.6) is 0 Å². The lowest BCUT2D eigenvalue weighted by atomic mass is 10.00. The van der Waals surface area contributed by atoms with Crippen molar-refractivity contribution in [1.82, 2.24) is 5.32 Å². The summed E-state index contributed by atoms with van der Waals surface area (Å²) in [5.41, 5.74) is 6.30. The minimum atomic E-state index is 0.0776. The summed E-state index contributed by atoms with van der Waals surface area (Å²) in [6.45, 7) is 10.2. The van der Waals surface area contributed by atoms with E-state index in [1.54, 1.807) is 0 Å². The molecule has 0 aromatic heterocycles. The van der Waals surface area contributed by atoms with Gasteiger partial charge in [0.1, 0.15) is 0 Å². The molecular formula is C9H22N2Si. The number of nitrogens with two attached hydrogens (primary N) is 1. The highest BCUT2D eigenvalue weighted by Gasteiger charge is 2.18. The molecule has 0 heterocycles. The molecule has 0 aromatic rings. The summed E-state index contributed by atoms with van der Waals surface area (Å²) in [4.78, 5) is 0. The topological polar surface area (TPSA) is 38.0 Å². The second kappa shape index (κ2) is 5.51. The largest absolute Gasteiger partial charge is 0.316 e. The van der Waals surface area contributed by atoms with E-state index in [2.05, 4.69) is 25.7 Å². The van der Waals surface area contributed by atoms with Gasteiger partial charge >= 0.3 is 0 Å². The van der Waals surface area contributed by atoms with Crippen LogP contribution in [-0.4, -0.2) is 22.5 Å². The predicted octanol–water partition coefficient (Wildman–Crippen LogP) is 0.245. The van der Waals surface area contributed by atoms with Gasteiger partial charge in [-0.3, -0.25) is 5.32 Å². The Labute approximate surface area is 79.0 Å². The van der Waals surface area contributed by atoms with E-state index in [9.17, 15) is 0 Å². The number of nitrogens with one attached hydrogen (secondary N) is 1. The normalized spacial score (nSPS) is 19.1. The quantitative estimate of drug-likeness (QED) is 0.367. The van der Waals surface area contributed by atoms with Crippen LogP contribution in [0.3, 0.4) is 0 Å². The maximum absolute atomic E-state index is 5.69. The van der Waals surface area contributed by atoms with Crippen molar-refractivity contribution in [2.75, 3.05) is 0 Å². The summed E-state index contributed by atoms with van der Waals surface area (Å²) in [7, 11) is 1.14. The Bertz CT molecular complexity index is 134. The molecule has 0 spiro atoms. The Morgan fingerprint density at radius 3 is 2.17 bits per heavy atom. The van der Waals surface area contributed by atoms with Crippen LogP contribution in [0.4, 0.5) is 0 Å². The van der Waals surface area contributed by atoms with E-state index in [-0.39, 0.29) is 6.17 Å². The molecule has 72 valence electrons. The summed E-state index contributed by atoms with van der Waals surface area (Å²) >= 11 is 0. The Morgan fingerprint density at radius 1 is 1.42 bits per heavy atom. The predicted molar refractivity (Wildman–Crippen MR) is 59.3 cm³/mol. The van der Waals surface area contributed by atoms with Crippen LogP contribution >= 0.6 is 0 Å². The van der Waals surface area contributed by atoms with Crippen LogP contribution in [0.1, 0.15) is 20.8 Å². The molecule has 3 N–H and O–H groups in total. The molecule has 0 saturated heterocycles. The lowest BCUT2D eigenvalue weighted by Crippen LogP contribution is -2.46. The molecule has 0 amide bonds. The molecule has 0 rings (SSSR count). The van der Waals surface area contributed by atoms with E-state index in [4.69, 9.17) is 5.73 Å². The van der Waals surface area contributed by atoms with Gasteiger partial charge in [-0.2, -0.15) is 0 Å². The van der Waals surface area contributed by atoms with Crippen molar-refractivity contribution in [2.24, 2.45) is 11.7 Å². The molecule has 12 heavy (non-hydrogen) atoms. The zero-order valence-electron chi connectivity index (χ0n) is 8.67. The van der Waals surface area contributed by atoms with Crippen molar-refractivity contribution in [3.8, 4) is 0 Å². The van der Waals surface area contributed by atoms with Gasteiger partial charge in [0.05, 0.1) is 6.17 Å². The molecule has 2 nitrogen and oxygen atoms in total. The Morgan fingerprint density at radius 2 is 1.92 bits per heavy atom. The van der Waals surface area contributed by atoms with Crippen LogP contribution in [0.25, 0.3) is 0 Å². The molecule has 0 aliphatic heterocycles. The standard InChI is InChI=1S/C9H22N2Si/c1-5-8(12)9(6(2)3)11-7(4)10/h5-9,11H,1,10H2,2-4,12H3. The molecule has 3 unspecified atom stereocenters. The van der Waals surface area contributed by atoms with E-state index >= 15 is 0 Å². The monoisotopic (exact) mass is 186 g/mol. The van der Waals surface area contributed by atoms with E-state index < -0.39 is 0 Å². The summed E-state index contributed by atoms with van der Waals surface area (Å²) in [6, 6.07) is 0.495. The average molecular weight is 186 g/mol. The molecule has 3 atom stereocenters. The van der Waals surface area contributed by atoms with Gasteiger partial charge in [-0.1, -0.05) is 19.9 Å². The van der Waals surface area contributed by atoms with Crippen molar-refractivity contribution >= 4 is 10.2 Å². The zero-order chi connectivity index (χ0) is 9.72. The highest BCUT2D eigenvalue weighted by atomic mass is 28.1. The van der Waals surface area contributed by atoms with Gasteiger partial charge in [0.25, 0.3) is 0 Å². The molecular weight excluding hydrogens is 164 g/mol. The van der Waals surface area contributed by atoms with E-state index in [1.807, 2.05) is 13.0 Å². The maximum atomic E-state index is 5.69. The van der Waals surface area contributed by atoms with Crippen LogP contribution < -0.4 is 11.1 Å². The third-order valence-corrected chi connectivity index (χ3v) is 3.30. The highest BCUT2D eigenvalue weighted by molar-refractivity contribution is 6.13. The highest BCUT2D eigenvalue weighted by Crippen LogP contribution is 2.16. The fraction of sp³-hybridized carbons (Fsp3) is 0.778. The van der Waals surface area contributed by atoms with Crippen LogP contribution in [-0.2, 0) is 0 Å². The van der Waals surface area contributed by atoms with Crippen molar-refractivity contribution in [1.29, 1.82) is 0 Å². The first-order valence-electron chi connectivity index (χ1n) is 4.63. The molecule has 0 radical (unpaired) electrons. The number of rotatable bonds is 5. The minimum Gasteiger partial charge on any atom is -0.316 e. The molecule has 0 bridgehead atoms. The summed E-state index contributed by atoms with van der Waals surface area (Å²) in [6.07, 6.45) is 2.11. The smallest absolute Gasteiger partial charge is 0.0519 e. The fourth-order valence-electron chi connectivity index (χ4n) is 1.40. The second-order valence-electron chi connectivity index (χ2n) is 3.82. The molecule has 0 saturated carbocycles. The zero-order valence-corrected chi connectivity index (χ0v) is 10.7. The molecule has 0 aliphatic carbocycles. The SMILES string of the molecule is C=CC([SiH3])C(NC(C)N)C(C)C. The maximum Gasteiger partial charge on any atom is 0.0519 e. The first kappa shape index (κ1) is 11.9. The Hall–Kier alpha value is -0.123. The van der Waals surface area contributed by atoms with Crippen LogP contribution in [0.15, 0.2) is 12.7 Å². The minimum absolute atomic E-state index is 0.0776. The lowest BCUT2D eigenvalue weighted by molar-refractivity contribution is 0.367. The first-order valence-corrected chi connectivity index (χ1v) is 5.78. The fourth-order valence-corrected chi connectivity index (χ4v) is 2.36. The third-order valence-electron chi connectivity index (χ3n) is 2.11. The number of hydrogen-bond acceptors (Lipinski definition) is 2. The number of hydrogen-bond donors (Lipinski definition) is 2. The molecule has 0 aromatic carbocycles. The van der Waals surface area contributed by atoms with Crippen molar-refractivity contribution in [2.45, 2.75) is 38.5 Å². The molecule has 3 heteroatoms. The van der Waals surface area contributed by atoms with Gasteiger partial charge < -0.3 is 5.73 Å². The van der Waals surface area contributed by atoms with Gasteiger partial charge in [-0.25, -0.2) is 0 Å². The first-order chi connectivity index (χ1) is 5.49. The van der Waals surface area contributed by atoms with Crippen molar-refractivity contribution in [3.63, 3.8) is 0 Å². The second-order valence-corrected chi connectivity index (χ2v) is 5.15. The van der Waals surface area contributed by atoms with Gasteiger partial charge in [0.2, 0.25) is 0 Å². The van der Waals surface area contributed by atoms with E-state index in [1.165, 1.54) is 0 Å². The summed E-state index contributed by atoms with van der Waals surface area (Å²) in [5, 5.41) is 3.37. The Balaban J connectivity index is 4.12.